The molecule has 1 aromatic rings. The molecule has 0 aliphatic carbocycles. The molecule has 3 N–H and O–H groups in total. The first-order chi connectivity index (χ1) is 13.9. The molecule has 1 fully saturated rings. The molecule has 0 amide bonds. The van der Waals surface area contributed by atoms with E-state index in [1.165, 1.54) is 0 Å². The third-order valence-electron chi connectivity index (χ3n) is 4.46. The topological polar surface area (TPSA) is 95.1 Å². The van der Waals surface area contributed by atoms with Gasteiger partial charge in [0.2, 0.25) is 10.0 Å². The summed E-state index contributed by atoms with van der Waals surface area (Å²) in [7, 11) is -3.38. The van der Waals surface area contributed by atoms with Crippen LogP contribution in [0.2, 0.25) is 0 Å². The Morgan fingerprint density at radius 3 is 2.52 bits per heavy atom. The highest BCUT2D eigenvalue weighted by atomic mass is 32.2. The normalized spacial score (nSPS) is 16.2. The minimum Gasteiger partial charge on any atom is -0.379 e. The van der Waals surface area contributed by atoms with Gasteiger partial charge in [-0.25, -0.2) is 18.1 Å². The van der Waals surface area contributed by atoms with E-state index in [1.807, 2.05) is 45.0 Å². The Hall–Kier alpha value is -1.68. The zero-order valence-corrected chi connectivity index (χ0v) is 18.6. The summed E-state index contributed by atoms with van der Waals surface area (Å²) >= 11 is 0. The number of benzene rings is 1. The van der Waals surface area contributed by atoms with Crippen LogP contribution < -0.4 is 15.4 Å². The van der Waals surface area contributed by atoms with Gasteiger partial charge < -0.3 is 15.4 Å². The minimum atomic E-state index is -3.38. The van der Waals surface area contributed by atoms with E-state index in [-0.39, 0.29) is 11.8 Å². The Morgan fingerprint density at radius 2 is 1.86 bits per heavy atom. The number of ether oxygens (including phenoxy) is 1. The quantitative estimate of drug-likeness (QED) is 0.381. The number of hydrogen-bond acceptors (Lipinski definition) is 5. The molecule has 0 atom stereocenters. The molecule has 29 heavy (non-hydrogen) atoms. The average molecular weight is 426 g/mol. The standard InChI is InChI=1S/C20H35N5O3S/c1-4-21-20(22-9-10-25-11-13-28-14-12-25)23-15-18-7-5-6-8-19(18)16-29(26,27)24-17(2)3/h5-8,17,24H,4,9-16H2,1-3H3,(H2,21,22,23). The summed E-state index contributed by atoms with van der Waals surface area (Å²) in [6, 6.07) is 7.43. The molecule has 2 rings (SSSR count). The van der Waals surface area contributed by atoms with Crippen molar-refractivity contribution < 1.29 is 13.2 Å². The average Bonchev–Trinajstić information content (AvgIpc) is 2.66. The van der Waals surface area contributed by atoms with Crippen LogP contribution in [0.4, 0.5) is 0 Å². The van der Waals surface area contributed by atoms with Crippen LogP contribution in [0.1, 0.15) is 31.9 Å². The molecule has 1 aliphatic heterocycles. The maximum absolute atomic E-state index is 12.3. The van der Waals surface area contributed by atoms with E-state index in [0.29, 0.717) is 6.54 Å². The first kappa shape index (κ1) is 23.6. The highest BCUT2D eigenvalue weighted by molar-refractivity contribution is 7.88. The van der Waals surface area contributed by atoms with Crippen molar-refractivity contribution in [2.24, 2.45) is 4.99 Å². The lowest BCUT2D eigenvalue weighted by molar-refractivity contribution is 0.0389. The van der Waals surface area contributed by atoms with Gasteiger partial charge in [-0.05, 0) is 31.9 Å². The summed E-state index contributed by atoms with van der Waals surface area (Å²) in [6.45, 7) is 12.1. The number of rotatable bonds is 10. The van der Waals surface area contributed by atoms with Gasteiger partial charge in [0.25, 0.3) is 0 Å². The number of nitrogens with one attached hydrogen (secondary N) is 3. The minimum absolute atomic E-state index is 0.0438. The van der Waals surface area contributed by atoms with E-state index in [2.05, 4.69) is 25.2 Å². The summed E-state index contributed by atoms with van der Waals surface area (Å²) in [5, 5.41) is 6.61. The van der Waals surface area contributed by atoms with Crippen molar-refractivity contribution in [1.29, 1.82) is 0 Å². The van der Waals surface area contributed by atoms with Gasteiger partial charge in [0.1, 0.15) is 0 Å². The lowest BCUT2D eigenvalue weighted by Gasteiger charge is -2.26. The van der Waals surface area contributed by atoms with Gasteiger partial charge in [-0.2, -0.15) is 0 Å². The fourth-order valence-electron chi connectivity index (χ4n) is 3.12. The molecule has 1 saturated heterocycles. The Kier molecular flexibility index (Phi) is 9.86. The maximum Gasteiger partial charge on any atom is 0.216 e. The van der Waals surface area contributed by atoms with Crippen LogP contribution in [0, 0.1) is 0 Å². The van der Waals surface area contributed by atoms with Gasteiger partial charge in [0, 0.05) is 38.8 Å². The monoisotopic (exact) mass is 425 g/mol. The van der Waals surface area contributed by atoms with Crippen molar-refractivity contribution in [2.75, 3.05) is 45.9 Å². The van der Waals surface area contributed by atoms with Crippen LogP contribution in [0.3, 0.4) is 0 Å². The molecular weight excluding hydrogens is 390 g/mol. The van der Waals surface area contributed by atoms with Crippen LogP contribution in [0.5, 0.6) is 0 Å². The van der Waals surface area contributed by atoms with Crippen molar-refractivity contribution in [2.45, 2.75) is 39.1 Å². The van der Waals surface area contributed by atoms with Crippen LogP contribution in [0.15, 0.2) is 29.3 Å². The third-order valence-corrected chi connectivity index (χ3v) is 5.98. The summed E-state index contributed by atoms with van der Waals surface area (Å²) in [4.78, 5) is 7.02. The molecule has 0 radical (unpaired) electrons. The van der Waals surface area contributed by atoms with Gasteiger partial charge in [-0.3, -0.25) is 4.90 Å². The molecule has 1 heterocycles. The van der Waals surface area contributed by atoms with E-state index in [1.54, 1.807) is 0 Å². The number of sulfonamides is 1. The van der Waals surface area contributed by atoms with Crippen molar-refractivity contribution in [3.63, 3.8) is 0 Å². The number of guanidine groups is 1. The SMILES string of the molecule is CCNC(=NCc1ccccc1CS(=O)(=O)NC(C)C)NCCN1CCOCC1. The first-order valence-electron chi connectivity index (χ1n) is 10.3. The van der Waals surface area contributed by atoms with E-state index in [4.69, 9.17) is 4.74 Å². The molecule has 0 bridgehead atoms. The van der Waals surface area contributed by atoms with Crippen LogP contribution >= 0.6 is 0 Å². The third kappa shape index (κ3) is 9.12. The second-order valence-corrected chi connectivity index (χ2v) is 9.13. The van der Waals surface area contributed by atoms with Crippen molar-refractivity contribution in [3.05, 3.63) is 35.4 Å². The van der Waals surface area contributed by atoms with Crippen LogP contribution in [-0.4, -0.2) is 71.3 Å². The largest absolute Gasteiger partial charge is 0.379 e. The number of nitrogens with zero attached hydrogens (tertiary/aromatic N) is 2. The number of aliphatic imine (C=N–C) groups is 1. The Morgan fingerprint density at radius 1 is 1.17 bits per heavy atom. The Bertz CT molecular complexity index is 746. The summed E-state index contributed by atoms with van der Waals surface area (Å²) < 4.78 is 32.6. The number of morpholine rings is 1. The second-order valence-electron chi connectivity index (χ2n) is 7.38. The lowest BCUT2D eigenvalue weighted by atomic mass is 10.1. The Balaban J connectivity index is 1.97. The molecule has 164 valence electrons. The van der Waals surface area contributed by atoms with E-state index in [9.17, 15) is 8.42 Å². The van der Waals surface area contributed by atoms with E-state index >= 15 is 0 Å². The van der Waals surface area contributed by atoms with E-state index < -0.39 is 10.0 Å². The Labute approximate surface area is 175 Å². The second kappa shape index (κ2) is 12.1. The first-order valence-corrected chi connectivity index (χ1v) is 11.9. The molecule has 9 heteroatoms. The van der Waals surface area contributed by atoms with Gasteiger partial charge in [-0.1, -0.05) is 24.3 Å². The fraction of sp³-hybridized carbons (Fsp3) is 0.650. The zero-order chi connectivity index (χ0) is 21.1. The van der Waals surface area contributed by atoms with Gasteiger partial charge >= 0.3 is 0 Å². The number of hydrogen-bond donors (Lipinski definition) is 3. The molecule has 0 unspecified atom stereocenters. The maximum atomic E-state index is 12.3. The predicted molar refractivity (Wildman–Crippen MR) is 117 cm³/mol. The van der Waals surface area contributed by atoms with Gasteiger partial charge in [0.05, 0.1) is 25.5 Å². The summed E-state index contributed by atoms with van der Waals surface area (Å²) in [6.07, 6.45) is 0. The summed E-state index contributed by atoms with van der Waals surface area (Å²) in [5.41, 5.74) is 1.68. The van der Waals surface area contributed by atoms with Gasteiger partial charge in [-0.15, -0.1) is 0 Å². The molecule has 0 aromatic heterocycles. The smallest absolute Gasteiger partial charge is 0.216 e. The molecule has 1 aliphatic rings. The van der Waals surface area contributed by atoms with E-state index in [0.717, 1.165) is 63.0 Å². The lowest BCUT2D eigenvalue weighted by Crippen LogP contribution is -2.44. The molecule has 8 nitrogen and oxygen atoms in total. The highest BCUT2D eigenvalue weighted by Gasteiger charge is 2.15. The predicted octanol–water partition coefficient (Wildman–Crippen LogP) is 0.902. The van der Waals surface area contributed by atoms with Gasteiger partial charge in [0.15, 0.2) is 5.96 Å². The fourth-order valence-corrected chi connectivity index (χ4v) is 4.61. The molecular formula is C20H35N5O3S. The summed E-state index contributed by atoms with van der Waals surface area (Å²) in [5.74, 6) is 0.691. The highest BCUT2D eigenvalue weighted by Crippen LogP contribution is 2.13. The zero-order valence-electron chi connectivity index (χ0n) is 17.8. The molecule has 0 saturated carbocycles. The van der Waals surface area contributed by atoms with Crippen molar-refractivity contribution in [3.8, 4) is 0 Å². The van der Waals surface area contributed by atoms with Crippen LogP contribution in [-0.2, 0) is 27.1 Å². The molecule has 1 aromatic carbocycles. The van der Waals surface area contributed by atoms with Crippen molar-refractivity contribution >= 4 is 16.0 Å². The molecule has 0 spiro atoms. The van der Waals surface area contributed by atoms with Crippen LogP contribution in [0.25, 0.3) is 0 Å². The van der Waals surface area contributed by atoms with Crippen molar-refractivity contribution in [1.82, 2.24) is 20.3 Å².